The summed E-state index contributed by atoms with van der Waals surface area (Å²) in [6, 6.07) is 0. The van der Waals surface area contributed by atoms with Gasteiger partial charge in [-0.05, 0) is 17.9 Å². The first kappa shape index (κ1) is 14.0. The number of aryl methyl sites for hydroxylation is 1. The number of alkyl halides is 3. The van der Waals surface area contributed by atoms with Crippen LogP contribution in [0, 0.1) is 6.92 Å². The first-order valence-corrected chi connectivity index (χ1v) is 5.79. The smallest absolute Gasteiger partial charge is 0.395 e. The lowest BCUT2D eigenvalue weighted by Gasteiger charge is -2.23. The predicted octanol–water partition coefficient (Wildman–Crippen LogP) is 2.05. The van der Waals surface area contributed by atoms with Crippen molar-refractivity contribution in [3.8, 4) is 0 Å². The Balaban J connectivity index is 2.84. The molecule has 0 saturated heterocycles. The molecule has 96 valence electrons. The van der Waals surface area contributed by atoms with E-state index in [1.165, 1.54) is 16.7 Å². The fourth-order valence-corrected chi connectivity index (χ4v) is 2.16. The molecule has 1 amide bonds. The summed E-state index contributed by atoms with van der Waals surface area (Å²) in [7, 11) is 0. The molecule has 0 aliphatic carbocycles. The predicted molar refractivity (Wildman–Crippen MR) is 58.1 cm³/mol. The summed E-state index contributed by atoms with van der Waals surface area (Å²) < 4.78 is 36.8. The average molecular weight is 267 g/mol. The molecule has 1 heterocycles. The molecule has 1 rings (SSSR count). The molecular formula is C10H12F3NO2S. The zero-order valence-corrected chi connectivity index (χ0v) is 9.94. The summed E-state index contributed by atoms with van der Waals surface area (Å²) in [6.07, 6.45) is -4.46. The fourth-order valence-electron chi connectivity index (χ4n) is 1.34. The minimum Gasteiger partial charge on any atom is -0.395 e. The molecule has 1 aromatic rings. The third-order valence-electron chi connectivity index (χ3n) is 2.11. The van der Waals surface area contributed by atoms with Gasteiger partial charge in [-0.15, -0.1) is 0 Å². The first-order chi connectivity index (χ1) is 7.85. The van der Waals surface area contributed by atoms with Crippen molar-refractivity contribution in [3.05, 3.63) is 21.9 Å². The number of carbonyl (C=O) groups is 1. The molecule has 1 N–H and O–H groups in total. The zero-order valence-electron chi connectivity index (χ0n) is 9.12. The van der Waals surface area contributed by atoms with Crippen molar-refractivity contribution in [2.75, 3.05) is 19.7 Å². The Morgan fingerprint density at radius 2 is 2.12 bits per heavy atom. The van der Waals surface area contributed by atoms with Crippen molar-refractivity contribution in [3.63, 3.8) is 0 Å². The molecular weight excluding hydrogens is 255 g/mol. The normalized spacial score (nSPS) is 11.6. The quantitative estimate of drug-likeness (QED) is 0.907. The number of thiophene rings is 1. The zero-order chi connectivity index (χ0) is 13.1. The summed E-state index contributed by atoms with van der Waals surface area (Å²) >= 11 is 1.26. The maximum Gasteiger partial charge on any atom is 0.406 e. The molecule has 1 aromatic heterocycles. The Bertz CT molecular complexity index is 389. The van der Waals surface area contributed by atoms with E-state index >= 15 is 0 Å². The monoisotopic (exact) mass is 267 g/mol. The molecule has 0 bridgehead atoms. The topological polar surface area (TPSA) is 40.5 Å². The molecule has 3 nitrogen and oxygen atoms in total. The van der Waals surface area contributed by atoms with Gasteiger partial charge in [-0.3, -0.25) is 4.79 Å². The highest BCUT2D eigenvalue weighted by atomic mass is 32.1. The van der Waals surface area contributed by atoms with Crippen LogP contribution in [-0.2, 0) is 0 Å². The van der Waals surface area contributed by atoms with Crippen molar-refractivity contribution in [2.24, 2.45) is 0 Å². The summed E-state index contributed by atoms with van der Waals surface area (Å²) in [4.78, 5) is 12.4. The molecule has 0 aliphatic heterocycles. The van der Waals surface area contributed by atoms with Gasteiger partial charge in [-0.2, -0.15) is 24.5 Å². The van der Waals surface area contributed by atoms with Crippen LogP contribution < -0.4 is 0 Å². The molecule has 17 heavy (non-hydrogen) atoms. The van der Waals surface area contributed by atoms with E-state index in [0.29, 0.717) is 10.5 Å². The Kier molecular flexibility index (Phi) is 4.53. The SMILES string of the molecule is Cc1cscc1C(=O)N(CCO)CC(F)(F)F. The van der Waals surface area contributed by atoms with Crippen molar-refractivity contribution >= 4 is 17.2 Å². The van der Waals surface area contributed by atoms with E-state index in [4.69, 9.17) is 5.11 Å². The van der Waals surface area contributed by atoms with Crippen LogP contribution in [0.1, 0.15) is 15.9 Å². The fraction of sp³-hybridized carbons (Fsp3) is 0.500. The van der Waals surface area contributed by atoms with E-state index in [2.05, 4.69) is 0 Å². The molecule has 0 radical (unpaired) electrons. The number of nitrogens with zero attached hydrogens (tertiary/aromatic N) is 1. The van der Waals surface area contributed by atoms with Gasteiger partial charge in [0.2, 0.25) is 0 Å². The highest BCUT2D eigenvalue weighted by Crippen LogP contribution is 2.20. The Morgan fingerprint density at radius 3 is 2.53 bits per heavy atom. The highest BCUT2D eigenvalue weighted by Gasteiger charge is 2.33. The largest absolute Gasteiger partial charge is 0.406 e. The Labute approximate surface area is 100 Å². The maximum atomic E-state index is 12.3. The number of hydrogen-bond donors (Lipinski definition) is 1. The first-order valence-electron chi connectivity index (χ1n) is 4.85. The lowest BCUT2D eigenvalue weighted by atomic mass is 10.2. The standard InChI is InChI=1S/C10H12F3NO2S/c1-7-4-17-5-8(7)9(16)14(2-3-15)6-10(11,12)13/h4-5,15H,2-3,6H2,1H3. The van der Waals surface area contributed by atoms with Crippen LogP contribution in [0.3, 0.4) is 0 Å². The number of carbonyl (C=O) groups excluding carboxylic acids is 1. The molecule has 7 heteroatoms. The minimum atomic E-state index is -4.46. The Morgan fingerprint density at radius 1 is 1.47 bits per heavy atom. The van der Waals surface area contributed by atoms with Gasteiger partial charge in [0.05, 0.1) is 12.2 Å². The molecule has 0 atom stereocenters. The highest BCUT2D eigenvalue weighted by molar-refractivity contribution is 7.08. The number of halogens is 3. The summed E-state index contributed by atoms with van der Waals surface area (Å²) in [5.74, 6) is -0.699. The molecule has 0 spiro atoms. The minimum absolute atomic E-state index is 0.257. The van der Waals surface area contributed by atoms with Gasteiger partial charge in [0.15, 0.2) is 0 Å². The van der Waals surface area contributed by atoms with Gasteiger partial charge >= 0.3 is 6.18 Å². The van der Waals surface area contributed by atoms with Crippen LogP contribution in [-0.4, -0.2) is 41.8 Å². The molecule has 0 aliphatic rings. The lowest BCUT2D eigenvalue weighted by Crippen LogP contribution is -2.40. The van der Waals surface area contributed by atoms with Gasteiger partial charge in [0.25, 0.3) is 5.91 Å². The van der Waals surface area contributed by atoms with Crippen molar-refractivity contribution in [1.82, 2.24) is 4.90 Å². The average Bonchev–Trinajstić information content (AvgIpc) is 2.61. The Hall–Kier alpha value is -1.08. The third-order valence-corrected chi connectivity index (χ3v) is 2.97. The van der Waals surface area contributed by atoms with E-state index in [0.717, 1.165) is 0 Å². The van der Waals surface area contributed by atoms with Crippen molar-refractivity contribution in [2.45, 2.75) is 13.1 Å². The van der Waals surface area contributed by atoms with E-state index in [9.17, 15) is 18.0 Å². The second-order valence-electron chi connectivity index (χ2n) is 3.53. The second-order valence-corrected chi connectivity index (χ2v) is 4.28. The van der Waals surface area contributed by atoms with Crippen LogP contribution >= 0.6 is 11.3 Å². The summed E-state index contributed by atoms with van der Waals surface area (Å²) in [5.41, 5.74) is 0.901. The molecule has 0 aromatic carbocycles. The van der Waals surface area contributed by atoms with Gasteiger partial charge < -0.3 is 10.0 Å². The van der Waals surface area contributed by atoms with E-state index in [1.807, 2.05) is 0 Å². The summed E-state index contributed by atoms with van der Waals surface area (Å²) in [5, 5.41) is 11.9. The van der Waals surface area contributed by atoms with Crippen LogP contribution in [0.25, 0.3) is 0 Å². The van der Waals surface area contributed by atoms with Crippen molar-refractivity contribution in [1.29, 1.82) is 0 Å². The molecule has 0 fully saturated rings. The molecule has 0 unspecified atom stereocenters. The van der Waals surface area contributed by atoms with Gasteiger partial charge in [-0.1, -0.05) is 0 Å². The lowest BCUT2D eigenvalue weighted by molar-refractivity contribution is -0.141. The van der Waals surface area contributed by atoms with E-state index in [1.54, 1.807) is 12.3 Å². The maximum absolute atomic E-state index is 12.3. The third kappa shape index (κ3) is 4.01. The summed E-state index contributed by atoms with van der Waals surface area (Å²) in [6.45, 7) is -0.505. The van der Waals surface area contributed by atoms with Crippen LogP contribution in [0.4, 0.5) is 13.2 Å². The van der Waals surface area contributed by atoms with E-state index in [-0.39, 0.29) is 12.1 Å². The number of amides is 1. The van der Waals surface area contributed by atoms with Crippen LogP contribution in [0.2, 0.25) is 0 Å². The number of rotatable bonds is 4. The van der Waals surface area contributed by atoms with Gasteiger partial charge in [0, 0.05) is 11.9 Å². The number of hydrogen-bond acceptors (Lipinski definition) is 3. The second kappa shape index (κ2) is 5.50. The number of aliphatic hydroxyl groups excluding tert-OH is 1. The molecule has 0 saturated carbocycles. The van der Waals surface area contributed by atoms with E-state index < -0.39 is 25.2 Å². The van der Waals surface area contributed by atoms with Crippen molar-refractivity contribution < 1.29 is 23.1 Å². The van der Waals surface area contributed by atoms with Gasteiger partial charge in [0.1, 0.15) is 6.54 Å². The van der Waals surface area contributed by atoms with Gasteiger partial charge in [-0.25, -0.2) is 0 Å². The van der Waals surface area contributed by atoms with Crippen LogP contribution in [0.15, 0.2) is 10.8 Å². The van der Waals surface area contributed by atoms with Crippen LogP contribution in [0.5, 0.6) is 0 Å². The number of aliphatic hydroxyl groups is 1.